The topological polar surface area (TPSA) is 263 Å². The lowest BCUT2D eigenvalue weighted by molar-refractivity contribution is -0.0813. The molecule has 1 unspecified atom stereocenters. The van der Waals surface area contributed by atoms with E-state index >= 15 is 0 Å². The molecule has 42 heavy (non-hydrogen) atoms. The van der Waals surface area contributed by atoms with Crippen LogP contribution in [0.5, 0.6) is 0 Å². The van der Waals surface area contributed by atoms with Crippen molar-refractivity contribution < 1.29 is 42.8 Å². The van der Waals surface area contributed by atoms with Crippen molar-refractivity contribution in [1.29, 1.82) is 0 Å². The van der Waals surface area contributed by atoms with Crippen LogP contribution in [0.3, 0.4) is 0 Å². The zero-order valence-electron chi connectivity index (χ0n) is 22.3. The van der Waals surface area contributed by atoms with E-state index in [4.69, 9.17) is 39.5 Å². The molecule has 0 aliphatic carbocycles. The lowest BCUT2D eigenvalue weighted by atomic mass is 10.1. The number of nitrogens with one attached hydrogen (secondary N) is 1. The summed E-state index contributed by atoms with van der Waals surface area (Å²) in [6, 6.07) is 1.12. The van der Waals surface area contributed by atoms with Gasteiger partial charge in [-0.15, -0.1) is 0 Å². The maximum atomic E-state index is 12.9. The number of hydrogen-bond donors (Lipinski definition) is 5. The highest BCUT2D eigenvalue weighted by atomic mass is 31.1. The monoisotopic (exact) mass is 614 g/mol. The first-order chi connectivity index (χ1) is 20.2. The number of fused-ring (bicyclic) bond motifs is 1. The van der Waals surface area contributed by atoms with Crippen molar-refractivity contribution in [1.82, 2.24) is 29.1 Å². The second kappa shape index (κ2) is 12.9. The number of aliphatic hydroxyl groups is 2. The van der Waals surface area contributed by atoms with Crippen LogP contribution in [0.4, 0.5) is 11.8 Å². The lowest BCUT2D eigenvalue weighted by Crippen LogP contribution is -2.40. The summed E-state index contributed by atoms with van der Waals surface area (Å²) in [5.74, 6) is 0.0461. The normalized spacial score (nSPS) is 28.5. The molecule has 2 fully saturated rings. The molecule has 2 aliphatic heterocycles. The molecule has 0 bridgehead atoms. The van der Waals surface area contributed by atoms with Gasteiger partial charge in [-0.2, -0.15) is 9.97 Å². The van der Waals surface area contributed by atoms with E-state index in [1.54, 1.807) is 4.57 Å². The summed E-state index contributed by atoms with van der Waals surface area (Å²) in [5.41, 5.74) is 10.8. The number of aromatic amines is 1. The number of nitrogen functional groups attached to an aromatic ring is 2. The van der Waals surface area contributed by atoms with E-state index in [9.17, 15) is 24.4 Å². The van der Waals surface area contributed by atoms with Gasteiger partial charge < -0.3 is 49.7 Å². The van der Waals surface area contributed by atoms with Crippen LogP contribution in [0, 0.1) is 0 Å². The Kier molecular flexibility index (Phi) is 9.31. The van der Waals surface area contributed by atoms with Crippen LogP contribution in [-0.4, -0.2) is 103 Å². The van der Waals surface area contributed by atoms with Gasteiger partial charge in [-0.25, -0.2) is 9.78 Å². The fourth-order valence-electron chi connectivity index (χ4n) is 4.79. The number of methoxy groups -OCH3 is 1. The molecule has 20 heteroatoms. The Morgan fingerprint density at radius 3 is 2.71 bits per heavy atom. The first-order valence-electron chi connectivity index (χ1n) is 12.8. The number of ether oxygens (including phenoxy) is 4. The van der Waals surface area contributed by atoms with Gasteiger partial charge in [0.05, 0.1) is 38.9 Å². The Morgan fingerprint density at radius 1 is 1.17 bits per heavy atom. The summed E-state index contributed by atoms with van der Waals surface area (Å²) in [7, 11) is -1.82. The summed E-state index contributed by atoms with van der Waals surface area (Å²) in [4.78, 5) is 38.3. The van der Waals surface area contributed by atoms with Gasteiger partial charge in [-0.05, 0) is 0 Å². The number of H-pyrrole nitrogens is 1. The number of rotatable bonds is 12. The smallest absolute Gasteiger partial charge is 0.330 e. The molecule has 0 saturated carbocycles. The van der Waals surface area contributed by atoms with Crippen LogP contribution >= 0.6 is 8.25 Å². The molecule has 5 heterocycles. The number of anilines is 2. The number of nitrogens with zero attached hydrogens (tertiary/aromatic N) is 5. The second-order valence-corrected chi connectivity index (χ2v) is 10.5. The quantitative estimate of drug-likeness (QED) is 0.108. The predicted octanol–water partition coefficient (Wildman–Crippen LogP) is -2.10. The fourth-order valence-corrected chi connectivity index (χ4v) is 5.67. The number of nitrogens with two attached hydrogens (primary N) is 2. The van der Waals surface area contributed by atoms with Gasteiger partial charge in [0.1, 0.15) is 36.2 Å². The molecule has 19 nitrogen and oxygen atoms in total. The first kappa shape index (κ1) is 30.2. The molecule has 7 N–H and O–H groups in total. The molecule has 2 saturated heterocycles. The van der Waals surface area contributed by atoms with E-state index in [0.29, 0.717) is 11.2 Å². The van der Waals surface area contributed by atoms with Crippen LogP contribution in [0.25, 0.3) is 11.2 Å². The van der Waals surface area contributed by atoms with Crippen molar-refractivity contribution >= 4 is 31.2 Å². The summed E-state index contributed by atoms with van der Waals surface area (Å²) in [6.07, 6.45) is -4.20. The van der Waals surface area contributed by atoms with Crippen LogP contribution in [-0.2, 0) is 32.6 Å². The third kappa shape index (κ3) is 6.24. The van der Waals surface area contributed by atoms with E-state index < -0.39 is 69.1 Å². The van der Waals surface area contributed by atoms with Gasteiger partial charge in [0.2, 0.25) is 5.95 Å². The van der Waals surface area contributed by atoms with E-state index in [2.05, 4.69) is 19.9 Å². The number of aromatic nitrogens is 6. The SMILES string of the molecule is COCCO[C@@H]1[C@H](O[PH](=O)OC[C@H]2O[C@@H](n3cnc4c(N)nc(N)nc43)C[C@@H]2O)[C@@H](CO)O[C@H]1n1ccc(=O)[nH]c1=O. The minimum Gasteiger partial charge on any atom is -0.394 e. The molecule has 3 aromatic heterocycles. The summed E-state index contributed by atoms with van der Waals surface area (Å²) in [6.45, 7) is -0.645. The van der Waals surface area contributed by atoms with E-state index in [1.165, 1.54) is 19.6 Å². The third-order valence-electron chi connectivity index (χ3n) is 6.77. The minimum atomic E-state index is -3.29. The fraction of sp³-hybridized carbons (Fsp3) is 0.591. The van der Waals surface area contributed by atoms with Crippen molar-refractivity contribution in [2.45, 2.75) is 49.4 Å². The highest BCUT2D eigenvalue weighted by Crippen LogP contribution is 2.40. The Labute approximate surface area is 237 Å². The van der Waals surface area contributed by atoms with Gasteiger partial charge in [-0.1, -0.05) is 0 Å². The number of imidazole rings is 1. The Bertz CT molecular complexity index is 1530. The maximum Gasteiger partial charge on any atom is 0.330 e. The van der Waals surface area contributed by atoms with Gasteiger partial charge in [-0.3, -0.25) is 23.5 Å². The third-order valence-corrected chi connectivity index (χ3v) is 7.63. The van der Waals surface area contributed by atoms with Crippen molar-refractivity contribution in [3.8, 4) is 0 Å². The average molecular weight is 615 g/mol. The predicted molar refractivity (Wildman–Crippen MR) is 142 cm³/mol. The van der Waals surface area contributed by atoms with Gasteiger partial charge >= 0.3 is 13.9 Å². The van der Waals surface area contributed by atoms with Crippen molar-refractivity contribution in [2.24, 2.45) is 0 Å². The highest BCUT2D eigenvalue weighted by molar-refractivity contribution is 7.33. The van der Waals surface area contributed by atoms with Gasteiger partial charge in [0, 0.05) is 25.8 Å². The first-order valence-corrected chi connectivity index (χ1v) is 14.0. The Balaban J connectivity index is 1.25. The average Bonchev–Trinajstić information content (AvgIpc) is 3.63. The van der Waals surface area contributed by atoms with Crippen LogP contribution in [0.2, 0.25) is 0 Å². The van der Waals surface area contributed by atoms with Crippen molar-refractivity contribution in [2.75, 3.05) is 45.0 Å². The standard InChI is InChI=1S/C22H31N8O11P/c1-36-4-5-37-17-16(11(7-31)40-20(17)29-3-2-13(33)26-22(29)34)41-42(35)38-8-12-10(32)6-14(39-12)30-9-25-15-18(23)27-21(24)28-19(15)30/h2-3,9-12,14,16-17,20,31-32,42H,4-8H2,1H3,(H,26,33,34)(H4,23,24,27,28)/t10-,11+,12+,14+,16+,17+,20+/m0/s1. The zero-order chi connectivity index (χ0) is 30.0. The van der Waals surface area contributed by atoms with E-state index in [0.717, 1.165) is 10.6 Å². The minimum absolute atomic E-state index is 0.0492. The molecule has 230 valence electrons. The molecular formula is C22H31N8O11P. The van der Waals surface area contributed by atoms with Crippen LogP contribution in [0.15, 0.2) is 28.2 Å². The number of hydrogen-bond acceptors (Lipinski definition) is 16. The highest BCUT2D eigenvalue weighted by Gasteiger charge is 2.48. The summed E-state index contributed by atoms with van der Waals surface area (Å²) >= 11 is 0. The van der Waals surface area contributed by atoms with Crippen LogP contribution in [0.1, 0.15) is 18.9 Å². The second-order valence-electron chi connectivity index (χ2n) is 9.46. The molecule has 0 amide bonds. The summed E-state index contributed by atoms with van der Waals surface area (Å²) < 4.78 is 49.1. The van der Waals surface area contributed by atoms with E-state index in [1.807, 2.05) is 0 Å². The van der Waals surface area contributed by atoms with Crippen molar-refractivity contribution in [3.05, 3.63) is 39.4 Å². The lowest BCUT2D eigenvalue weighted by Gasteiger charge is -2.25. The molecule has 3 aromatic rings. The van der Waals surface area contributed by atoms with Crippen LogP contribution < -0.4 is 22.7 Å². The molecule has 8 atom stereocenters. The zero-order valence-corrected chi connectivity index (χ0v) is 23.3. The summed E-state index contributed by atoms with van der Waals surface area (Å²) in [5, 5.41) is 20.5. The maximum absolute atomic E-state index is 12.9. The Hall–Kier alpha value is -3.26. The van der Waals surface area contributed by atoms with Gasteiger partial charge in [0.25, 0.3) is 5.56 Å². The molecule has 5 rings (SSSR count). The molecule has 0 spiro atoms. The largest absolute Gasteiger partial charge is 0.394 e. The molecule has 0 aromatic carbocycles. The van der Waals surface area contributed by atoms with Crippen molar-refractivity contribution in [3.63, 3.8) is 0 Å². The van der Waals surface area contributed by atoms with E-state index in [-0.39, 0.29) is 38.0 Å². The molecule has 0 radical (unpaired) electrons. The molecular weight excluding hydrogens is 583 g/mol. The van der Waals surface area contributed by atoms with Gasteiger partial charge in [0.15, 0.2) is 17.7 Å². The molecule has 2 aliphatic rings. The number of aliphatic hydroxyl groups excluding tert-OH is 2. The Morgan fingerprint density at radius 2 is 1.98 bits per heavy atom.